The molecule has 2 aliphatic heterocycles. The van der Waals surface area contributed by atoms with Crippen LogP contribution in [0.1, 0.15) is 72.5 Å². The molecule has 0 saturated carbocycles. The molecule has 4 heteroatoms. The van der Waals surface area contributed by atoms with Crippen LogP contribution < -0.4 is 0 Å². The minimum atomic E-state index is 0.833. The summed E-state index contributed by atoms with van der Waals surface area (Å²) >= 11 is 0. The molecule has 0 atom stereocenters. The standard InChI is InChI=1S/C7H10N2.C6H8N2.2C4H10/c1-2-5-9-6-4-8-7(9)3-1;1-2-6-7-3-5-8(6)4-1;2*1-4(2)3/h4,6H,1-3,5H2;3,5H,1-2,4H2;2*4H,1-3H3. The quantitative estimate of drug-likeness (QED) is 0.642. The summed E-state index contributed by atoms with van der Waals surface area (Å²) in [6.07, 6.45) is 14.1. The molecule has 0 radical (unpaired) electrons. The average Bonchev–Trinajstić information content (AvgIpc) is 3.23. The van der Waals surface area contributed by atoms with E-state index < -0.39 is 0 Å². The third-order valence-electron chi connectivity index (χ3n) is 3.45. The number of hydrogen-bond acceptors (Lipinski definition) is 2. The summed E-state index contributed by atoms with van der Waals surface area (Å²) < 4.78 is 4.45. The van der Waals surface area contributed by atoms with Crippen molar-refractivity contribution in [1.82, 2.24) is 19.1 Å². The van der Waals surface area contributed by atoms with Gasteiger partial charge in [-0.3, -0.25) is 0 Å². The second-order valence-corrected chi connectivity index (χ2v) is 8.10. The second kappa shape index (κ2) is 11.9. The predicted octanol–water partition coefficient (Wildman–Crippen LogP) is 5.37. The Morgan fingerprint density at radius 3 is 1.52 bits per heavy atom. The summed E-state index contributed by atoms with van der Waals surface area (Å²) in [4.78, 5) is 8.38. The molecule has 4 nitrogen and oxygen atoms in total. The van der Waals surface area contributed by atoms with Crippen LogP contribution in [0.5, 0.6) is 0 Å². The van der Waals surface area contributed by atoms with E-state index in [1.807, 2.05) is 18.6 Å². The molecule has 0 spiro atoms. The van der Waals surface area contributed by atoms with Crippen molar-refractivity contribution in [3.63, 3.8) is 0 Å². The third kappa shape index (κ3) is 9.47. The van der Waals surface area contributed by atoms with Gasteiger partial charge in [-0.05, 0) is 31.1 Å². The number of aryl methyl sites for hydroxylation is 4. The molecule has 0 amide bonds. The van der Waals surface area contributed by atoms with Crippen molar-refractivity contribution < 1.29 is 0 Å². The van der Waals surface area contributed by atoms with Crippen molar-refractivity contribution in [2.24, 2.45) is 11.8 Å². The molecule has 2 aromatic heterocycles. The first-order chi connectivity index (χ1) is 11.9. The maximum absolute atomic E-state index is 4.22. The lowest BCUT2D eigenvalue weighted by molar-refractivity contribution is 0.522. The number of nitrogens with zero attached hydrogens (tertiary/aromatic N) is 4. The molecule has 0 N–H and O–H groups in total. The van der Waals surface area contributed by atoms with E-state index in [0.29, 0.717) is 0 Å². The van der Waals surface area contributed by atoms with Crippen LogP contribution in [0.2, 0.25) is 0 Å². The largest absolute Gasteiger partial charge is 0.335 e. The predicted molar refractivity (Wildman–Crippen MR) is 107 cm³/mol. The molecule has 0 saturated heterocycles. The summed E-state index contributed by atoms with van der Waals surface area (Å²) in [5.41, 5.74) is 0. The van der Waals surface area contributed by atoms with Crippen molar-refractivity contribution >= 4 is 0 Å². The first-order valence-corrected chi connectivity index (χ1v) is 9.90. The van der Waals surface area contributed by atoms with Crippen LogP contribution in [0.4, 0.5) is 0 Å². The zero-order valence-corrected chi connectivity index (χ0v) is 17.2. The fourth-order valence-electron chi connectivity index (χ4n) is 2.52. The minimum Gasteiger partial charge on any atom is -0.335 e. The zero-order valence-electron chi connectivity index (χ0n) is 17.2. The Labute approximate surface area is 154 Å². The number of fused-ring (bicyclic) bond motifs is 2. The van der Waals surface area contributed by atoms with Crippen molar-refractivity contribution in [3.05, 3.63) is 36.4 Å². The number of hydrogen-bond donors (Lipinski definition) is 0. The second-order valence-electron chi connectivity index (χ2n) is 8.10. The molecular weight excluding hydrogens is 308 g/mol. The van der Waals surface area contributed by atoms with Gasteiger partial charge in [0.15, 0.2) is 0 Å². The molecule has 0 fully saturated rings. The van der Waals surface area contributed by atoms with E-state index in [1.54, 1.807) is 0 Å². The van der Waals surface area contributed by atoms with Crippen LogP contribution in [0.3, 0.4) is 0 Å². The molecule has 2 aromatic rings. The van der Waals surface area contributed by atoms with E-state index in [-0.39, 0.29) is 0 Å². The summed E-state index contributed by atoms with van der Waals surface area (Å²) in [7, 11) is 0. The minimum absolute atomic E-state index is 0.833. The summed E-state index contributed by atoms with van der Waals surface area (Å²) in [5.74, 6) is 4.19. The molecule has 25 heavy (non-hydrogen) atoms. The average molecular weight is 347 g/mol. The van der Waals surface area contributed by atoms with E-state index in [2.05, 4.69) is 66.8 Å². The Morgan fingerprint density at radius 2 is 1.08 bits per heavy atom. The highest BCUT2D eigenvalue weighted by atomic mass is 15.1. The first kappa shape index (κ1) is 21.5. The topological polar surface area (TPSA) is 35.6 Å². The zero-order chi connectivity index (χ0) is 18.7. The fourth-order valence-corrected chi connectivity index (χ4v) is 2.52. The normalized spacial score (nSPS) is 14.4. The SMILES string of the molecule is CC(C)C.CC(C)C.c1cn2c(n1)CCC2.c1cn2c(n1)CCCC2. The Kier molecular flexibility index (Phi) is 10.2. The highest BCUT2D eigenvalue weighted by Crippen LogP contribution is 2.11. The van der Waals surface area contributed by atoms with E-state index in [0.717, 1.165) is 11.8 Å². The lowest BCUT2D eigenvalue weighted by atomic mass is 10.2. The first-order valence-electron chi connectivity index (χ1n) is 9.90. The van der Waals surface area contributed by atoms with Gasteiger partial charge in [-0.25, -0.2) is 9.97 Å². The molecule has 0 aromatic carbocycles. The van der Waals surface area contributed by atoms with Gasteiger partial charge in [0.1, 0.15) is 11.6 Å². The van der Waals surface area contributed by atoms with Crippen LogP contribution in [-0.2, 0) is 25.9 Å². The van der Waals surface area contributed by atoms with Crippen LogP contribution >= 0.6 is 0 Å². The lowest BCUT2D eigenvalue weighted by Crippen LogP contribution is -2.08. The van der Waals surface area contributed by atoms with Gasteiger partial charge in [-0.1, -0.05) is 41.5 Å². The molecule has 4 heterocycles. The maximum atomic E-state index is 4.22. The van der Waals surface area contributed by atoms with Gasteiger partial charge >= 0.3 is 0 Å². The molecule has 0 unspecified atom stereocenters. The number of rotatable bonds is 0. The van der Waals surface area contributed by atoms with Gasteiger partial charge in [-0.2, -0.15) is 0 Å². The molecule has 142 valence electrons. The smallest absolute Gasteiger partial charge is 0.108 e. The van der Waals surface area contributed by atoms with Crippen LogP contribution in [0, 0.1) is 11.8 Å². The highest BCUT2D eigenvalue weighted by Gasteiger charge is 2.08. The van der Waals surface area contributed by atoms with Crippen molar-refractivity contribution in [2.75, 3.05) is 0 Å². The Morgan fingerprint density at radius 1 is 0.680 bits per heavy atom. The van der Waals surface area contributed by atoms with E-state index in [1.165, 1.54) is 56.8 Å². The fraction of sp³-hybridized carbons (Fsp3) is 0.714. The van der Waals surface area contributed by atoms with E-state index in [9.17, 15) is 0 Å². The Hall–Kier alpha value is -1.58. The summed E-state index contributed by atoms with van der Waals surface area (Å²) in [6, 6.07) is 0. The van der Waals surface area contributed by atoms with Crippen LogP contribution in [0.25, 0.3) is 0 Å². The van der Waals surface area contributed by atoms with Gasteiger partial charge in [0.05, 0.1) is 0 Å². The molecule has 0 bridgehead atoms. The highest BCUT2D eigenvalue weighted by molar-refractivity contribution is 4.96. The third-order valence-corrected chi connectivity index (χ3v) is 3.45. The van der Waals surface area contributed by atoms with Crippen molar-refractivity contribution in [3.8, 4) is 0 Å². The number of aromatic nitrogens is 4. The molecule has 4 rings (SSSR count). The van der Waals surface area contributed by atoms with Crippen LogP contribution in [-0.4, -0.2) is 19.1 Å². The summed E-state index contributed by atoms with van der Waals surface area (Å²) in [5, 5.41) is 0. The van der Waals surface area contributed by atoms with Gasteiger partial charge in [0, 0.05) is 50.7 Å². The van der Waals surface area contributed by atoms with Crippen molar-refractivity contribution in [2.45, 2.75) is 86.7 Å². The van der Waals surface area contributed by atoms with Crippen molar-refractivity contribution in [1.29, 1.82) is 0 Å². The molecule has 0 aliphatic carbocycles. The Balaban J connectivity index is 0.000000180. The number of imidazole rings is 2. The molecular formula is C21H38N4. The lowest BCUT2D eigenvalue weighted by Gasteiger charge is -2.11. The monoisotopic (exact) mass is 346 g/mol. The van der Waals surface area contributed by atoms with Gasteiger partial charge in [0.2, 0.25) is 0 Å². The van der Waals surface area contributed by atoms with Gasteiger partial charge < -0.3 is 9.13 Å². The Bertz CT molecular complexity index is 515. The van der Waals surface area contributed by atoms with E-state index >= 15 is 0 Å². The van der Waals surface area contributed by atoms with Crippen LogP contribution in [0.15, 0.2) is 24.8 Å². The van der Waals surface area contributed by atoms with E-state index in [4.69, 9.17) is 0 Å². The summed E-state index contributed by atoms with van der Waals surface area (Å²) in [6.45, 7) is 15.4. The van der Waals surface area contributed by atoms with Gasteiger partial charge in [0.25, 0.3) is 0 Å². The maximum Gasteiger partial charge on any atom is 0.108 e. The van der Waals surface area contributed by atoms with Gasteiger partial charge in [-0.15, -0.1) is 0 Å². The molecule has 2 aliphatic rings.